The molecule has 14 heteroatoms. The summed E-state index contributed by atoms with van der Waals surface area (Å²) in [7, 11) is 0. The lowest BCUT2D eigenvalue weighted by atomic mass is 9.97. The molecule has 0 aliphatic carbocycles. The largest absolute Gasteiger partial charge is 0.394 e. The van der Waals surface area contributed by atoms with E-state index >= 15 is 0 Å². The average Bonchev–Trinajstić information content (AvgIpc) is 1.07. The van der Waals surface area contributed by atoms with Crippen LogP contribution in [0.5, 0.6) is 0 Å². The summed E-state index contributed by atoms with van der Waals surface area (Å²) in [6.07, 6.45) is 63.1. The first-order valence-electron chi connectivity index (χ1n) is 38.7. The monoisotopic (exact) mass is 1290 g/mol. The quantitative estimate of drug-likeness (QED) is 0.0204. The van der Waals surface area contributed by atoms with Crippen molar-refractivity contribution in [1.29, 1.82) is 0 Å². The van der Waals surface area contributed by atoms with E-state index in [9.17, 15) is 45.6 Å². The highest BCUT2D eigenvalue weighted by atomic mass is 16.7. The molecule has 0 bridgehead atoms. The first-order chi connectivity index (χ1) is 44.6. The molecule has 0 aromatic rings. The van der Waals surface area contributed by atoms with E-state index in [1.807, 2.05) is 0 Å². The van der Waals surface area contributed by atoms with E-state index in [1.165, 1.54) is 263 Å². The molecule has 12 atom stereocenters. The van der Waals surface area contributed by atoms with E-state index in [2.05, 4.69) is 55.6 Å². The van der Waals surface area contributed by atoms with Crippen molar-refractivity contribution in [3.05, 3.63) is 36.5 Å². The summed E-state index contributed by atoms with van der Waals surface area (Å²) in [4.78, 5) is 13.4. The van der Waals surface area contributed by atoms with Crippen LogP contribution in [-0.4, -0.2) is 140 Å². The number of unbranched alkanes of at least 4 members (excludes halogenated alkanes) is 46. The number of ether oxygens (including phenoxy) is 4. The van der Waals surface area contributed by atoms with Gasteiger partial charge in [0, 0.05) is 6.42 Å². The molecular formula is C77H145NO13. The van der Waals surface area contributed by atoms with Crippen molar-refractivity contribution < 1.29 is 64.6 Å². The highest BCUT2D eigenvalue weighted by Crippen LogP contribution is 2.30. The first-order valence-corrected chi connectivity index (χ1v) is 38.7. The zero-order valence-corrected chi connectivity index (χ0v) is 58.6. The van der Waals surface area contributed by atoms with Crippen LogP contribution >= 0.6 is 0 Å². The Bertz CT molecular complexity index is 1670. The number of allylic oxidation sites excluding steroid dienone is 6. The van der Waals surface area contributed by atoms with Crippen molar-refractivity contribution in [1.82, 2.24) is 5.32 Å². The minimum Gasteiger partial charge on any atom is -0.394 e. The minimum atomic E-state index is -1.78. The van der Waals surface area contributed by atoms with E-state index in [1.54, 1.807) is 0 Å². The smallest absolute Gasteiger partial charge is 0.220 e. The van der Waals surface area contributed by atoms with Gasteiger partial charge in [-0.2, -0.15) is 0 Å². The van der Waals surface area contributed by atoms with Crippen molar-refractivity contribution in [2.75, 3.05) is 19.8 Å². The van der Waals surface area contributed by atoms with Gasteiger partial charge in [-0.15, -0.1) is 0 Å². The summed E-state index contributed by atoms with van der Waals surface area (Å²) in [6.45, 7) is 2.91. The molecule has 536 valence electrons. The van der Waals surface area contributed by atoms with E-state index in [0.717, 1.165) is 64.2 Å². The molecule has 2 saturated heterocycles. The number of nitrogens with one attached hydrogen (secondary N) is 1. The molecule has 12 unspecified atom stereocenters. The number of hydrogen-bond acceptors (Lipinski definition) is 13. The van der Waals surface area contributed by atoms with Crippen LogP contribution in [0, 0.1) is 0 Å². The van der Waals surface area contributed by atoms with E-state index in [-0.39, 0.29) is 12.5 Å². The summed E-state index contributed by atoms with van der Waals surface area (Å²) in [5, 5.41) is 87.8. The van der Waals surface area contributed by atoms with Crippen LogP contribution in [0.1, 0.15) is 354 Å². The maximum absolute atomic E-state index is 13.4. The predicted octanol–water partition coefficient (Wildman–Crippen LogP) is 16.9. The maximum atomic E-state index is 13.4. The second-order valence-corrected chi connectivity index (χ2v) is 27.5. The number of aliphatic hydroxyl groups is 8. The van der Waals surface area contributed by atoms with Gasteiger partial charge >= 0.3 is 0 Å². The average molecular weight is 1290 g/mol. The number of carbonyl (C=O) groups excluding carboxylic acids is 1. The van der Waals surface area contributed by atoms with Gasteiger partial charge in [-0.3, -0.25) is 4.79 Å². The number of rotatable bonds is 65. The maximum Gasteiger partial charge on any atom is 0.220 e. The van der Waals surface area contributed by atoms with Crippen LogP contribution in [-0.2, 0) is 23.7 Å². The molecule has 2 rings (SSSR count). The van der Waals surface area contributed by atoms with Crippen molar-refractivity contribution in [3.63, 3.8) is 0 Å². The van der Waals surface area contributed by atoms with Crippen LogP contribution in [0.2, 0.25) is 0 Å². The van der Waals surface area contributed by atoms with Crippen molar-refractivity contribution in [2.45, 2.75) is 428 Å². The van der Waals surface area contributed by atoms with Gasteiger partial charge in [-0.05, 0) is 51.4 Å². The third-order valence-electron chi connectivity index (χ3n) is 19.1. The van der Waals surface area contributed by atoms with Crippen molar-refractivity contribution in [2.24, 2.45) is 0 Å². The molecule has 2 aliphatic rings. The first kappa shape index (κ1) is 85.3. The molecule has 2 aliphatic heterocycles. The molecule has 91 heavy (non-hydrogen) atoms. The van der Waals surface area contributed by atoms with E-state index in [4.69, 9.17) is 18.9 Å². The van der Waals surface area contributed by atoms with Gasteiger partial charge < -0.3 is 65.1 Å². The van der Waals surface area contributed by atoms with Gasteiger partial charge in [0.15, 0.2) is 12.6 Å². The Labute approximate surface area is 557 Å². The molecule has 0 saturated carbocycles. The molecule has 1 amide bonds. The zero-order valence-electron chi connectivity index (χ0n) is 58.6. The Balaban J connectivity index is 1.63. The molecular weight excluding hydrogens is 1150 g/mol. The fourth-order valence-corrected chi connectivity index (χ4v) is 13.0. The Hall–Kier alpha value is -1.79. The molecule has 0 spiro atoms. The van der Waals surface area contributed by atoms with Gasteiger partial charge in [-0.25, -0.2) is 0 Å². The van der Waals surface area contributed by atoms with E-state index < -0.39 is 86.8 Å². The van der Waals surface area contributed by atoms with Crippen LogP contribution in [0.4, 0.5) is 0 Å². The summed E-state index contributed by atoms with van der Waals surface area (Å²) < 4.78 is 23.0. The Kier molecular flexibility index (Phi) is 57.9. The highest BCUT2D eigenvalue weighted by molar-refractivity contribution is 5.76. The molecule has 2 fully saturated rings. The van der Waals surface area contributed by atoms with Gasteiger partial charge in [0.2, 0.25) is 5.91 Å². The van der Waals surface area contributed by atoms with Gasteiger partial charge in [0.05, 0.1) is 32.0 Å². The van der Waals surface area contributed by atoms with E-state index in [0.29, 0.717) is 12.8 Å². The Morgan fingerprint density at radius 2 is 0.725 bits per heavy atom. The third-order valence-corrected chi connectivity index (χ3v) is 19.1. The zero-order chi connectivity index (χ0) is 65.9. The van der Waals surface area contributed by atoms with Crippen LogP contribution < -0.4 is 5.32 Å². The number of carbonyl (C=O) groups is 1. The second-order valence-electron chi connectivity index (χ2n) is 27.5. The van der Waals surface area contributed by atoms with Gasteiger partial charge in [0.25, 0.3) is 0 Å². The molecule has 9 N–H and O–H groups in total. The Morgan fingerprint density at radius 1 is 0.396 bits per heavy atom. The molecule has 2 heterocycles. The standard InChI is InChI=1S/C77H145NO13/c1-3-5-7-9-11-13-15-17-19-21-23-25-27-29-31-32-33-35-36-38-40-42-44-46-48-50-52-54-56-58-60-66(81)65(64-88-76-74(87)72(85)75(68(63-80)90-76)91-77-73(86)71(84)70(83)67(62-79)89-77)78-69(82)61-59-57-55-53-51-49-47-45-43-41-39-37-34-30-28-26-24-22-20-18-16-14-12-10-8-6-4-2/h16,18,22,24,28,30,65-68,70-77,79-81,83-87H,3-15,17,19-21,23,25-27,29,31-64H2,1-2H3,(H,78,82)/b18-16-,24-22-,30-28-. The number of amides is 1. The Morgan fingerprint density at radius 3 is 1.11 bits per heavy atom. The molecule has 0 aromatic heterocycles. The van der Waals surface area contributed by atoms with Gasteiger partial charge in [0.1, 0.15) is 48.8 Å². The van der Waals surface area contributed by atoms with Crippen LogP contribution in [0.25, 0.3) is 0 Å². The SMILES string of the molecule is CCCCCCC/C=C\C/C=C\C/C=C\CCCCCCCCCCCCCCC(=O)NC(COC1OC(CO)C(OC2OC(CO)C(O)C(O)C2O)C(O)C1O)C(O)CCCCCCCCCCCCCCCCCCCCCCCCCCCCCCCC. The lowest BCUT2D eigenvalue weighted by Crippen LogP contribution is -2.65. The third kappa shape index (κ3) is 45.4. The molecule has 14 nitrogen and oxygen atoms in total. The topological polar surface area (TPSA) is 228 Å². The van der Waals surface area contributed by atoms with Crippen molar-refractivity contribution in [3.8, 4) is 0 Å². The minimum absolute atomic E-state index is 0.203. The summed E-state index contributed by atoms with van der Waals surface area (Å²) in [5.41, 5.74) is 0. The van der Waals surface area contributed by atoms with Gasteiger partial charge in [-0.1, -0.05) is 333 Å². The summed E-state index contributed by atoms with van der Waals surface area (Å²) in [5.74, 6) is -0.203. The normalized spacial score (nSPS) is 22.9. The lowest BCUT2D eigenvalue weighted by molar-refractivity contribution is -0.359. The molecule has 0 radical (unpaired) electrons. The number of aliphatic hydroxyl groups excluding tert-OH is 8. The molecule has 0 aromatic carbocycles. The predicted molar refractivity (Wildman–Crippen MR) is 374 cm³/mol. The second kappa shape index (κ2) is 61.8. The van der Waals surface area contributed by atoms with Crippen LogP contribution in [0.15, 0.2) is 36.5 Å². The van der Waals surface area contributed by atoms with Crippen LogP contribution in [0.3, 0.4) is 0 Å². The lowest BCUT2D eigenvalue weighted by Gasteiger charge is -2.46. The fourth-order valence-electron chi connectivity index (χ4n) is 13.0. The summed E-state index contributed by atoms with van der Waals surface area (Å²) in [6, 6.07) is -0.832. The highest BCUT2D eigenvalue weighted by Gasteiger charge is 2.51. The van der Waals surface area contributed by atoms with Crippen molar-refractivity contribution >= 4 is 5.91 Å². The summed E-state index contributed by atoms with van der Waals surface area (Å²) >= 11 is 0. The fraction of sp³-hybridized carbons (Fsp3) is 0.909. The number of hydrogen-bond donors (Lipinski definition) is 9.